The topological polar surface area (TPSA) is 77.6 Å². The maximum atomic E-state index is 8.50. The zero-order valence-electron chi connectivity index (χ0n) is 21.5. The molecule has 23 heteroatoms. The molecule has 0 saturated carbocycles. The first-order chi connectivity index (χ1) is 19.6. The molecular weight excluding hydrogens is 841 g/mol. The van der Waals surface area contributed by atoms with Crippen LogP contribution in [0.4, 0.5) is 0 Å². The van der Waals surface area contributed by atoms with Crippen LogP contribution in [0.2, 0.25) is 0 Å². The molecule has 0 aliphatic carbocycles. The van der Waals surface area contributed by atoms with Crippen molar-refractivity contribution in [2.24, 2.45) is 0 Å². The molecule has 0 aromatic carbocycles. The van der Waals surface area contributed by atoms with Crippen molar-refractivity contribution in [3.8, 4) is 0 Å². The van der Waals surface area contributed by atoms with Crippen molar-refractivity contribution in [3.05, 3.63) is 0 Å². The second-order valence-corrected chi connectivity index (χ2v) is 17.4. The summed E-state index contributed by atoms with van der Waals surface area (Å²) in [6.07, 6.45) is 0. The van der Waals surface area contributed by atoms with Gasteiger partial charge < -0.3 is 49.7 Å². The summed E-state index contributed by atoms with van der Waals surface area (Å²) in [6, 6.07) is 0. The Morgan fingerprint density at radius 1 is 0.707 bits per heavy atom. The Bertz CT molecular complexity index is 848. The van der Waals surface area contributed by atoms with Crippen LogP contribution in [-0.4, -0.2) is 132 Å². The molecule has 4 aliphatic rings. The predicted octanol–water partition coefficient (Wildman–Crippen LogP) is 2.03. The van der Waals surface area contributed by atoms with E-state index in [2.05, 4.69) is 45.9 Å². The number of thioether (sulfide) groups is 4. The zero-order chi connectivity index (χ0) is 30.4. The fourth-order valence-corrected chi connectivity index (χ4v) is 9.55. The van der Waals surface area contributed by atoms with Gasteiger partial charge in [-0.25, -0.2) is 0 Å². The number of thiol groups is 2. The van der Waals surface area contributed by atoms with Crippen molar-refractivity contribution in [2.45, 2.75) is 11.0 Å². The summed E-state index contributed by atoms with van der Waals surface area (Å²) >= 11 is 45.7. The van der Waals surface area contributed by atoms with Crippen LogP contribution in [0.5, 0.6) is 0 Å². The van der Waals surface area contributed by atoms with E-state index in [-0.39, 0.29) is 11.0 Å². The van der Waals surface area contributed by atoms with Crippen LogP contribution in [0.25, 0.3) is 0 Å². The SMILES string of the molecule is S=C([S-])N(C1NCCS1)N(C(=S)S)N1CCSCC1.S=C([S-])N(C1NCCS1)N(C(=S)S)N1CCSCC1.[O]=[Mo+2]=[O]. The predicted molar refractivity (Wildman–Crippen MR) is 198 cm³/mol. The van der Waals surface area contributed by atoms with Crippen molar-refractivity contribution in [3.63, 3.8) is 0 Å². The Morgan fingerprint density at radius 2 is 1.02 bits per heavy atom. The number of nitrogens with zero attached hydrogens (tertiary/aromatic N) is 6. The molecular formula is C18H30MoN8O2S12. The average molecular weight is 871 g/mol. The Hall–Kier alpha value is 2.23. The number of hydrogen-bond acceptors (Lipinski definition) is 16. The van der Waals surface area contributed by atoms with Gasteiger partial charge in [0.25, 0.3) is 0 Å². The number of hydrogen-bond donors (Lipinski definition) is 4. The number of hydrazine groups is 4. The van der Waals surface area contributed by atoms with Crippen LogP contribution >= 0.6 is 121 Å². The van der Waals surface area contributed by atoms with E-state index in [1.165, 1.54) is 0 Å². The molecule has 4 rings (SSSR count). The Balaban J connectivity index is 0.000000262. The van der Waals surface area contributed by atoms with Crippen molar-refractivity contribution in [1.29, 1.82) is 0 Å². The minimum absolute atomic E-state index is 0.0460. The molecule has 4 saturated heterocycles. The first kappa shape index (κ1) is 39.4. The molecule has 2 N–H and O–H groups in total. The van der Waals surface area contributed by atoms with Crippen molar-refractivity contribution < 1.29 is 25.3 Å². The van der Waals surface area contributed by atoms with Gasteiger partial charge in [0.1, 0.15) is 11.0 Å². The van der Waals surface area contributed by atoms with Crippen LogP contribution in [-0.2, 0) is 50.5 Å². The van der Waals surface area contributed by atoms with Gasteiger partial charge in [0, 0.05) is 73.8 Å². The standard InChI is InChI=1S/2C9H16N4S6.Mo.2O/c2*14-8(15)12(7-10-1-4-19-7)13(9(16)17)11-2-5-18-6-3-11;;;/h2*7,10H,1-6H2,(H,14,15)(H,16,17);;;/q;;+2;;/p-2. The summed E-state index contributed by atoms with van der Waals surface area (Å²) in [5.41, 5.74) is 0.0920. The van der Waals surface area contributed by atoms with Crippen LogP contribution in [0.1, 0.15) is 0 Å². The molecule has 232 valence electrons. The number of thiocarbonyl (C=S) groups is 4. The van der Waals surface area contributed by atoms with E-state index in [4.69, 9.17) is 80.9 Å². The maximum absolute atomic E-state index is 8.50. The molecule has 0 radical (unpaired) electrons. The quantitative estimate of drug-likeness (QED) is 0.110. The van der Waals surface area contributed by atoms with Gasteiger partial charge in [-0.15, -0.1) is 48.8 Å². The van der Waals surface area contributed by atoms with E-state index in [0.29, 0.717) is 17.3 Å². The van der Waals surface area contributed by atoms with Gasteiger partial charge in [-0.3, -0.25) is 20.7 Å². The molecule has 2 atom stereocenters. The van der Waals surface area contributed by atoms with Crippen molar-refractivity contribution in [1.82, 2.24) is 40.9 Å². The third-order valence-corrected chi connectivity index (χ3v) is 11.0. The van der Waals surface area contributed by atoms with E-state index in [9.17, 15) is 0 Å². The van der Waals surface area contributed by atoms with Crippen molar-refractivity contribution >= 4 is 164 Å². The van der Waals surface area contributed by atoms with Gasteiger partial charge in [-0.2, -0.15) is 43.8 Å². The van der Waals surface area contributed by atoms with Crippen molar-refractivity contribution in [2.75, 3.05) is 73.8 Å². The second kappa shape index (κ2) is 21.9. The second-order valence-electron chi connectivity index (χ2n) is 7.92. The molecule has 0 amide bonds. The first-order valence-electron chi connectivity index (χ1n) is 12.0. The Kier molecular flexibility index (Phi) is 21.1. The van der Waals surface area contributed by atoms with E-state index in [1.54, 1.807) is 23.5 Å². The van der Waals surface area contributed by atoms with Gasteiger partial charge in [-0.1, -0.05) is 0 Å². The summed E-state index contributed by atoms with van der Waals surface area (Å²) in [5, 5.41) is 18.6. The van der Waals surface area contributed by atoms with Gasteiger partial charge in [0.2, 0.25) is 0 Å². The van der Waals surface area contributed by atoms with Crippen LogP contribution in [0, 0.1) is 0 Å². The first-order valence-corrected chi connectivity index (χ1v) is 21.4. The molecule has 4 heterocycles. The monoisotopic (exact) mass is 872 g/mol. The number of rotatable bonds is 4. The fraction of sp³-hybridized carbons (Fsp3) is 0.778. The summed E-state index contributed by atoms with van der Waals surface area (Å²) in [6.45, 7) is 5.61. The molecule has 4 fully saturated rings. The summed E-state index contributed by atoms with van der Waals surface area (Å²) in [5.74, 6) is 6.41. The molecule has 4 aliphatic heterocycles. The summed E-state index contributed by atoms with van der Waals surface area (Å²) in [7, 11) is 0. The minimum atomic E-state index is -2.03. The van der Waals surface area contributed by atoms with Crippen LogP contribution < -0.4 is 10.6 Å². The molecule has 10 nitrogen and oxygen atoms in total. The van der Waals surface area contributed by atoms with Gasteiger partial charge in [0.05, 0.1) is 0 Å². The molecule has 41 heavy (non-hydrogen) atoms. The number of nitrogens with one attached hydrogen (secondary N) is 2. The van der Waals surface area contributed by atoms with Gasteiger partial charge in [-0.05, 0) is 33.1 Å². The van der Waals surface area contributed by atoms with E-state index < -0.39 is 18.5 Å². The molecule has 0 spiro atoms. The molecule has 0 bridgehead atoms. The fourth-order valence-electron chi connectivity index (χ4n) is 3.87. The van der Waals surface area contributed by atoms with Gasteiger partial charge >= 0.3 is 25.3 Å². The summed E-state index contributed by atoms with van der Waals surface area (Å²) < 4.78 is 18.8. The van der Waals surface area contributed by atoms with Crippen LogP contribution in [0.15, 0.2) is 0 Å². The average Bonchev–Trinajstić information content (AvgIpc) is 3.66. The zero-order valence-corrected chi connectivity index (χ0v) is 33.5. The van der Waals surface area contributed by atoms with E-state index in [1.807, 2.05) is 43.8 Å². The van der Waals surface area contributed by atoms with Gasteiger partial charge in [0.15, 0.2) is 8.64 Å². The third-order valence-electron chi connectivity index (χ3n) is 5.47. The van der Waals surface area contributed by atoms with Crippen LogP contribution in [0.3, 0.4) is 0 Å². The Labute approximate surface area is 311 Å². The van der Waals surface area contributed by atoms with E-state index in [0.717, 1.165) is 73.8 Å². The molecule has 2 unspecified atom stereocenters. The summed E-state index contributed by atoms with van der Waals surface area (Å²) in [4.78, 5) is 0. The van der Waals surface area contributed by atoms with E-state index >= 15 is 0 Å². The molecule has 0 aromatic rings. The third kappa shape index (κ3) is 13.1. The Morgan fingerprint density at radius 3 is 1.24 bits per heavy atom. The molecule has 0 aromatic heterocycles. The normalized spacial score (nSPS) is 22.6.